The van der Waals surface area contributed by atoms with Crippen molar-refractivity contribution in [2.24, 2.45) is 5.41 Å². The highest BCUT2D eigenvalue weighted by atomic mass is 16.6. The van der Waals surface area contributed by atoms with E-state index in [0.717, 1.165) is 5.56 Å². The number of hydrogen-bond donors (Lipinski definition) is 0. The van der Waals surface area contributed by atoms with E-state index in [2.05, 4.69) is 6.58 Å². The number of carbonyl (C=O) groups is 3. The smallest absolute Gasteiger partial charge is 0.410 e. The lowest BCUT2D eigenvalue weighted by Crippen LogP contribution is -2.54. The Labute approximate surface area is 147 Å². The van der Waals surface area contributed by atoms with Crippen molar-refractivity contribution in [2.45, 2.75) is 26.4 Å². The van der Waals surface area contributed by atoms with E-state index >= 15 is 0 Å². The summed E-state index contributed by atoms with van der Waals surface area (Å²) in [6.07, 6.45) is 1.39. The van der Waals surface area contributed by atoms with Crippen LogP contribution >= 0.6 is 0 Å². The van der Waals surface area contributed by atoms with Crippen LogP contribution in [0.25, 0.3) is 0 Å². The lowest BCUT2D eigenvalue weighted by molar-refractivity contribution is -0.163. The van der Waals surface area contributed by atoms with Gasteiger partial charge in [0.1, 0.15) is 12.0 Å². The highest BCUT2D eigenvalue weighted by molar-refractivity contribution is 6.06. The van der Waals surface area contributed by atoms with Gasteiger partial charge in [0.15, 0.2) is 5.78 Å². The highest BCUT2D eigenvalue weighted by Crippen LogP contribution is 2.34. The van der Waals surface area contributed by atoms with E-state index in [1.165, 1.54) is 11.0 Å². The molecule has 1 aliphatic heterocycles. The summed E-state index contributed by atoms with van der Waals surface area (Å²) in [7, 11) is 0. The predicted octanol–water partition coefficient (Wildman–Crippen LogP) is 2.72. The Kier molecular flexibility index (Phi) is 6.33. The third-order valence-corrected chi connectivity index (χ3v) is 4.30. The number of ketones is 1. The number of nitrogens with zero attached hydrogens (tertiary/aromatic N) is 1. The minimum absolute atomic E-state index is 0.139. The molecule has 1 atom stereocenters. The van der Waals surface area contributed by atoms with Crippen LogP contribution in [0.3, 0.4) is 0 Å². The van der Waals surface area contributed by atoms with Crippen molar-refractivity contribution in [3.8, 4) is 0 Å². The molecule has 1 unspecified atom stereocenters. The molecule has 0 N–H and O–H groups in total. The molecule has 2 rings (SSSR count). The molecule has 134 valence electrons. The van der Waals surface area contributed by atoms with Gasteiger partial charge in [-0.3, -0.25) is 9.59 Å². The normalized spacial score (nSPS) is 20.0. The van der Waals surface area contributed by atoms with Crippen LogP contribution in [0.2, 0.25) is 0 Å². The number of amides is 1. The van der Waals surface area contributed by atoms with Crippen LogP contribution in [0.5, 0.6) is 0 Å². The van der Waals surface area contributed by atoms with E-state index in [0.29, 0.717) is 0 Å². The van der Waals surface area contributed by atoms with Gasteiger partial charge in [0.25, 0.3) is 0 Å². The fourth-order valence-corrected chi connectivity index (χ4v) is 2.87. The molecule has 1 amide bonds. The van der Waals surface area contributed by atoms with Gasteiger partial charge in [-0.1, -0.05) is 36.4 Å². The van der Waals surface area contributed by atoms with Gasteiger partial charge in [-0.15, -0.1) is 6.58 Å². The first-order valence-electron chi connectivity index (χ1n) is 8.30. The average molecular weight is 345 g/mol. The van der Waals surface area contributed by atoms with Crippen LogP contribution in [-0.2, 0) is 25.7 Å². The molecular weight excluding hydrogens is 322 g/mol. The van der Waals surface area contributed by atoms with Crippen molar-refractivity contribution in [3.05, 3.63) is 48.6 Å². The Morgan fingerprint density at radius 1 is 1.28 bits per heavy atom. The van der Waals surface area contributed by atoms with Crippen LogP contribution in [0, 0.1) is 5.41 Å². The fourth-order valence-electron chi connectivity index (χ4n) is 2.87. The Hall–Kier alpha value is -2.63. The number of ether oxygens (including phenoxy) is 2. The number of hydrogen-bond acceptors (Lipinski definition) is 5. The van der Waals surface area contributed by atoms with Crippen LogP contribution in [0.4, 0.5) is 4.79 Å². The molecule has 25 heavy (non-hydrogen) atoms. The molecule has 1 aliphatic rings. The van der Waals surface area contributed by atoms with Crippen molar-refractivity contribution in [3.63, 3.8) is 0 Å². The van der Waals surface area contributed by atoms with Gasteiger partial charge in [0.2, 0.25) is 0 Å². The first-order valence-corrected chi connectivity index (χ1v) is 8.30. The lowest BCUT2D eigenvalue weighted by atomic mass is 9.74. The molecule has 1 aromatic carbocycles. The average Bonchev–Trinajstić information content (AvgIpc) is 2.62. The van der Waals surface area contributed by atoms with E-state index in [1.54, 1.807) is 6.92 Å². The number of esters is 1. The highest BCUT2D eigenvalue weighted by Gasteiger charge is 2.49. The lowest BCUT2D eigenvalue weighted by Gasteiger charge is -2.37. The van der Waals surface area contributed by atoms with Gasteiger partial charge in [-0.25, -0.2) is 4.79 Å². The molecule has 0 saturated carbocycles. The molecule has 1 heterocycles. The maximum atomic E-state index is 12.6. The summed E-state index contributed by atoms with van der Waals surface area (Å²) in [6.45, 7) is 5.75. The number of allylic oxidation sites excluding steroid dienone is 1. The molecule has 0 aliphatic carbocycles. The summed E-state index contributed by atoms with van der Waals surface area (Å²) < 4.78 is 10.3. The molecule has 0 radical (unpaired) electrons. The predicted molar refractivity (Wildman–Crippen MR) is 91.7 cm³/mol. The van der Waals surface area contributed by atoms with Crippen molar-refractivity contribution in [2.75, 3.05) is 19.7 Å². The number of Topliss-reactive ketones (excluding diaryl/α,β-unsaturated/α-hetero) is 1. The topological polar surface area (TPSA) is 72.9 Å². The van der Waals surface area contributed by atoms with E-state index in [1.807, 2.05) is 30.3 Å². The largest absolute Gasteiger partial charge is 0.465 e. The minimum Gasteiger partial charge on any atom is -0.465 e. The zero-order valence-electron chi connectivity index (χ0n) is 14.4. The van der Waals surface area contributed by atoms with Gasteiger partial charge in [-0.05, 0) is 25.3 Å². The maximum absolute atomic E-state index is 12.6. The minimum atomic E-state index is -1.24. The summed E-state index contributed by atoms with van der Waals surface area (Å²) in [4.78, 5) is 38.4. The first kappa shape index (κ1) is 18.7. The number of piperidine rings is 1. The van der Waals surface area contributed by atoms with Crippen molar-refractivity contribution < 1.29 is 23.9 Å². The fraction of sp³-hybridized carbons (Fsp3) is 0.421. The molecular formula is C19H23NO5. The Morgan fingerprint density at radius 3 is 2.60 bits per heavy atom. The molecule has 6 heteroatoms. The second kappa shape index (κ2) is 8.46. The van der Waals surface area contributed by atoms with Crippen LogP contribution in [-0.4, -0.2) is 42.4 Å². The maximum Gasteiger partial charge on any atom is 0.410 e. The number of carbonyl (C=O) groups excluding carboxylic acids is 3. The summed E-state index contributed by atoms with van der Waals surface area (Å²) >= 11 is 0. The number of benzene rings is 1. The van der Waals surface area contributed by atoms with Gasteiger partial charge < -0.3 is 14.4 Å². The molecule has 1 saturated heterocycles. The van der Waals surface area contributed by atoms with Gasteiger partial charge >= 0.3 is 12.1 Å². The first-order chi connectivity index (χ1) is 12.0. The Bertz CT molecular complexity index is 642. The van der Waals surface area contributed by atoms with Crippen molar-refractivity contribution in [1.29, 1.82) is 0 Å². The summed E-state index contributed by atoms with van der Waals surface area (Å²) in [5.74, 6) is -0.883. The second-order valence-corrected chi connectivity index (χ2v) is 5.93. The third kappa shape index (κ3) is 4.26. The molecule has 1 fully saturated rings. The standard InChI is InChI=1S/C19H23NO5/c1-3-10-19(17(22)24-4-2)11-12-20(13-16(19)21)18(23)25-14-15-8-6-5-7-9-15/h3,5-9H,1,4,10-14H2,2H3. The van der Waals surface area contributed by atoms with Gasteiger partial charge in [0, 0.05) is 6.54 Å². The molecule has 0 spiro atoms. The van der Waals surface area contributed by atoms with Crippen LogP contribution in [0.15, 0.2) is 43.0 Å². The number of likely N-dealkylation sites (tertiary alicyclic amines) is 1. The number of rotatable bonds is 6. The van der Waals surface area contributed by atoms with Crippen molar-refractivity contribution in [1.82, 2.24) is 4.90 Å². The van der Waals surface area contributed by atoms with Gasteiger partial charge in [0.05, 0.1) is 13.2 Å². The monoisotopic (exact) mass is 345 g/mol. The van der Waals surface area contributed by atoms with E-state index in [4.69, 9.17) is 9.47 Å². The van der Waals surface area contributed by atoms with Gasteiger partial charge in [-0.2, -0.15) is 0 Å². The summed E-state index contributed by atoms with van der Waals surface area (Å²) in [6, 6.07) is 9.30. The Balaban J connectivity index is 1.99. The van der Waals surface area contributed by atoms with E-state index in [-0.39, 0.29) is 44.9 Å². The quantitative estimate of drug-likeness (QED) is 0.450. The zero-order chi connectivity index (χ0) is 18.3. The summed E-state index contributed by atoms with van der Waals surface area (Å²) in [5.41, 5.74) is -0.375. The molecule has 1 aromatic rings. The van der Waals surface area contributed by atoms with Crippen LogP contribution in [0.1, 0.15) is 25.3 Å². The van der Waals surface area contributed by atoms with Crippen LogP contribution < -0.4 is 0 Å². The third-order valence-electron chi connectivity index (χ3n) is 4.30. The zero-order valence-corrected chi connectivity index (χ0v) is 14.4. The summed E-state index contributed by atoms with van der Waals surface area (Å²) in [5, 5.41) is 0. The van der Waals surface area contributed by atoms with Crippen molar-refractivity contribution >= 4 is 17.8 Å². The second-order valence-electron chi connectivity index (χ2n) is 5.93. The molecule has 6 nitrogen and oxygen atoms in total. The Morgan fingerprint density at radius 2 is 2.00 bits per heavy atom. The SMILES string of the molecule is C=CCC1(C(=O)OCC)CCN(C(=O)OCc2ccccc2)CC1=O. The van der Waals surface area contributed by atoms with E-state index < -0.39 is 17.5 Å². The molecule has 0 aromatic heterocycles. The van der Waals surface area contributed by atoms with E-state index in [9.17, 15) is 14.4 Å². The molecule has 0 bridgehead atoms.